The van der Waals surface area contributed by atoms with Gasteiger partial charge in [0.25, 0.3) is 0 Å². The fraction of sp³-hybridized carbons (Fsp3) is 0.0517. The van der Waals surface area contributed by atoms with Crippen LogP contribution in [0.5, 0.6) is 0 Å². The lowest BCUT2D eigenvalue weighted by atomic mass is 9.84. The lowest BCUT2D eigenvalue weighted by Gasteiger charge is -2.19. The molecule has 9 aromatic carbocycles. The van der Waals surface area contributed by atoms with Crippen LogP contribution in [0.4, 0.5) is 0 Å². The van der Waals surface area contributed by atoms with Gasteiger partial charge in [-0.1, -0.05) is 146 Å². The number of para-hydroxylation sites is 3. The molecule has 0 aliphatic heterocycles. The zero-order valence-electron chi connectivity index (χ0n) is 34.2. The Balaban J connectivity index is 1.01. The summed E-state index contributed by atoms with van der Waals surface area (Å²) in [5.41, 5.74) is 14.4. The topological polar surface area (TPSA) is 56.7 Å². The standard InChI is InChI=1S/C58H38N4O/c1-3-15-36(16-4-1)56-59-57(40-28-32-52-50(35-40)45-23-11-13-25-51(45)62(52)41-19-5-2-6-20-41)61-58(60-56)48-31-30-46(55-54(48)47-24-12-14-26-53(47)63-55)44-29-27-39-33-37-17-7-8-18-38(37)34-49(39)43-22-10-9-21-42(43)44/h1-26,28,30-35,44H,27,29H2. The van der Waals surface area contributed by atoms with E-state index >= 15 is 0 Å². The summed E-state index contributed by atoms with van der Waals surface area (Å²) < 4.78 is 9.31. The zero-order chi connectivity index (χ0) is 41.4. The molecule has 0 N–H and O–H groups in total. The van der Waals surface area contributed by atoms with Crippen LogP contribution in [0, 0.1) is 0 Å². The summed E-state index contributed by atoms with van der Waals surface area (Å²) in [4.78, 5) is 15.8. The van der Waals surface area contributed by atoms with Crippen LogP contribution in [0.25, 0.3) is 105 Å². The Labute approximate surface area is 363 Å². The highest BCUT2D eigenvalue weighted by atomic mass is 16.3. The fourth-order valence-electron chi connectivity index (χ4n) is 10.2. The predicted molar refractivity (Wildman–Crippen MR) is 257 cm³/mol. The van der Waals surface area contributed by atoms with Crippen molar-refractivity contribution in [2.24, 2.45) is 0 Å². The Morgan fingerprint density at radius 3 is 1.97 bits per heavy atom. The fourth-order valence-corrected chi connectivity index (χ4v) is 10.2. The van der Waals surface area contributed by atoms with Crippen molar-refractivity contribution in [2.75, 3.05) is 0 Å². The van der Waals surface area contributed by atoms with Crippen molar-refractivity contribution < 1.29 is 4.42 Å². The molecule has 0 bridgehead atoms. The van der Waals surface area contributed by atoms with Crippen LogP contribution in [0.3, 0.4) is 0 Å². The largest absolute Gasteiger partial charge is 0.456 e. The molecule has 3 heterocycles. The molecule has 63 heavy (non-hydrogen) atoms. The number of hydrogen-bond acceptors (Lipinski definition) is 4. The minimum atomic E-state index is 0.104. The van der Waals surface area contributed by atoms with Crippen LogP contribution < -0.4 is 0 Å². The predicted octanol–water partition coefficient (Wildman–Crippen LogP) is 14.8. The minimum absolute atomic E-state index is 0.104. The molecular weight excluding hydrogens is 769 g/mol. The summed E-state index contributed by atoms with van der Waals surface area (Å²) >= 11 is 0. The minimum Gasteiger partial charge on any atom is -0.456 e. The number of fused-ring (bicyclic) bond motifs is 10. The van der Waals surface area contributed by atoms with E-state index in [1.807, 2.05) is 24.3 Å². The molecule has 1 aliphatic rings. The number of benzene rings is 9. The lowest BCUT2D eigenvalue weighted by Crippen LogP contribution is -2.04. The number of furan rings is 1. The summed E-state index contributed by atoms with van der Waals surface area (Å²) in [7, 11) is 0. The molecule has 3 aromatic heterocycles. The first-order valence-electron chi connectivity index (χ1n) is 21.7. The van der Waals surface area contributed by atoms with Crippen molar-refractivity contribution in [3.63, 3.8) is 0 Å². The van der Waals surface area contributed by atoms with Gasteiger partial charge >= 0.3 is 0 Å². The zero-order valence-corrected chi connectivity index (χ0v) is 34.2. The van der Waals surface area contributed by atoms with Crippen molar-refractivity contribution in [1.29, 1.82) is 0 Å². The second-order valence-electron chi connectivity index (χ2n) is 16.6. The molecule has 0 saturated carbocycles. The van der Waals surface area contributed by atoms with Crippen LogP contribution in [0.2, 0.25) is 0 Å². The average Bonchev–Trinajstić information content (AvgIpc) is 3.86. The number of hydrogen-bond donors (Lipinski definition) is 0. The monoisotopic (exact) mass is 806 g/mol. The van der Waals surface area contributed by atoms with E-state index in [0.717, 1.165) is 73.6 Å². The number of aromatic nitrogens is 4. The van der Waals surface area contributed by atoms with Gasteiger partial charge in [0.05, 0.1) is 11.0 Å². The highest BCUT2D eigenvalue weighted by molar-refractivity contribution is 6.13. The molecule has 0 amide bonds. The molecular formula is C58H38N4O. The van der Waals surface area contributed by atoms with Crippen molar-refractivity contribution in [2.45, 2.75) is 18.8 Å². The van der Waals surface area contributed by atoms with E-state index in [0.29, 0.717) is 17.5 Å². The Hall–Kier alpha value is -8.15. The molecule has 0 spiro atoms. The molecule has 5 nitrogen and oxygen atoms in total. The SMILES string of the molecule is c1ccc(-c2nc(-c3ccc4c(c3)c3ccccc3n4-c3ccccc3)nc(-c3ccc(C4CCc5cc6ccccc6cc5-c5ccccc54)c4oc5ccccc5c34)n2)cc1. The third-order valence-electron chi connectivity index (χ3n) is 13.1. The number of aryl methyl sites for hydroxylation is 1. The summed E-state index contributed by atoms with van der Waals surface area (Å²) in [6.45, 7) is 0. The Kier molecular flexibility index (Phi) is 8.03. The maximum absolute atomic E-state index is 6.98. The third kappa shape index (κ3) is 5.74. The van der Waals surface area contributed by atoms with Crippen molar-refractivity contribution in [1.82, 2.24) is 19.5 Å². The molecule has 5 heteroatoms. The van der Waals surface area contributed by atoms with Crippen LogP contribution >= 0.6 is 0 Å². The number of rotatable bonds is 5. The summed E-state index contributed by atoms with van der Waals surface area (Å²) in [5, 5.41) is 6.92. The van der Waals surface area contributed by atoms with Crippen molar-refractivity contribution >= 4 is 54.5 Å². The summed E-state index contributed by atoms with van der Waals surface area (Å²) in [6.07, 6.45) is 1.90. The van der Waals surface area contributed by atoms with E-state index in [4.69, 9.17) is 19.4 Å². The third-order valence-corrected chi connectivity index (χ3v) is 13.1. The van der Waals surface area contributed by atoms with E-state index < -0.39 is 0 Å². The molecule has 12 aromatic rings. The van der Waals surface area contributed by atoms with Crippen LogP contribution in [0.15, 0.2) is 205 Å². The summed E-state index contributed by atoms with van der Waals surface area (Å²) in [5.74, 6) is 1.95. The van der Waals surface area contributed by atoms with Gasteiger partial charge < -0.3 is 8.98 Å². The van der Waals surface area contributed by atoms with Gasteiger partial charge in [-0.3, -0.25) is 0 Å². The quantitative estimate of drug-likeness (QED) is 0.174. The second kappa shape index (κ2) is 14.2. The first-order chi connectivity index (χ1) is 31.2. The molecule has 1 unspecified atom stereocenters. The normalized spacial score (nSPS) is 13.7. The van der Waals surface area contributed by atoms with Gasteiger partial charge in [0.15, 0.2) is 17.5 Å². The average molecular weight is 807 g/mol. The molecule has 0 saturated heterocycles. The smallest absolute Gasteiger partial charge is 0.164 e. The van der Waals surface area contributed by atoms with Gasteiger partial charge in [-0.15, -0.1) is 0 Å². The maximum Gasteiger partial charge on any atom is 0.164 e. The van der Waals surface area contributed by atoms with E-state index in [-0.39, 0.29) is 5.92 Å². The maximum atomic E-state index is 6.98. The highest BCUT2D eigenvalue weighted by Crippen LogP contribution is 2.47. The van der Waals surface area contributed by atoms with Gasteiger partial charge in [0, 0.05) is 55.4 Å². The second-order valence-corrected chi connectivity index (χ2v) is 16.6. The van der Waals surface area contributed by atoms with Gasteiger partial charge in [0.2, 0.25) is 0 Å². The van der Waals surface area contributed by atoms with Gasteiger partial charge in [-0.25, -0.2) is 15.0 Å². The lowest BCUT2D eigenvalue weighted by molar-refractivity contribution is 0.647. The molecule has 296 valence electrons. The van der Waals surface area contributed by atoms with E-state index in [1.54, 1.807) is 0 Å². The van der Waals surface area contributed by atoms with Crippen molar-refractivity contribution in [3.05, 3.63) is 217 Å². The molecule has 1 atom stereocenters. The van der Waals surface area contributed by atoms with Gasteiger partial charge in [-0.2, -0.15) is 0 Å². The molecule has 0 radical (unpaired) electrons. The van der Waals surface area contributed by atoms with E-state index in [2.05, 4.69) is 180 Å². The molecule has 0 fully saturated rings. The summed E-state index contributed by atoms with van der Waals surface area (Å²) in [6, 6.07) is 71.2. The van der Waals surface area contributed by atoms with E-state index in [9.17, 15) is 0 Å². The van der Waals surface area contributed by atoms with Gasteiger partial charge in [-0.05, 0) is 100 Å². The number of nitrogens with zero attached hydrogens (tertiary/aromatic N) is 4. The first-order valence-corrected chi connectivity index (χ1v) is 21.7. The highest BCUT2D eigenvalue weighted by Gasteiger charge is 2.29. The Bertz CT molecular complexity index is 3750. The Morgan fingerprint density at radius 1 is 0.444 bits per heavy atom. The van der Waals surface area contributed by atoms with Crippen molar-refractivity contribution in [3.8, 4) is 51.0 Å². The van der Waals surface area contributed by atoms with Crippen LogP contribution in [-0.2, 0) is 6.42 Å². The Morgan fingerprint density at radius 2 is 1.11 bits per heavy atom. The van der Waals surface area contributed by atoms with Crippen LogP contribution in [-0.4, -0.2) is 19.5 Å². The van der Waals surface area contributed by atoms with Crippen LogP contribution in [0.1, 0.15) is 29.0 Å². The van der Waals surface area contributed by atoms with E-state index in [1.165, 1.54) is 44.0 Å². The molecule has 13 rings (SSSR count). The van der Waals surface area contributed by atoms with Gasteiger partial charge in [0.1, 0.15) is 11.2 Å². The first kappa shape index (κ1) is 35.6. The molecule has 1 aliphatic carbocycles.